The number of nitrogens with zero attached hydrogens (tertiary/aromatic N) is 5. The Morgan fingerprint density at radius 3 is 2.47 bits per heavy atom. The van der Waals surface area contributed by atoms with Gasteiger partial charge >= 0.3 is 0 Å². The maximum absolute atomic E-state index is 13.1. The number of aryl methyl sites for hydroxylation is 2. The Hall–Kier alpha value is -3.50. The van der Waals surface area contributed by atoms with Crippen LogP contribution >= 0.6 is 11.8 Å². The zero-order valence-electron chi connectivity index (χ0n) is 20.5. The molecular weight excluding hydrogens is 476 g/mol. The van der Waals surface area contributed by atoms with Crippen molar-refractivity contribution < 1.29 is 14.3 Å². The van der Waals surface area contributed by atoms with Crippen molar-refractivity contribution in [3.05, 3.63) is 71.8 Å². The fraction of sp³-hybridized carbons (Fsp3) is 0.346. The second kappa shape index (κ2) is 12.5. The number of carbonyl (C=O) groups is 2. The average Bonchev–Trinajstić information content (AvgIpc) is 2.88. The molecule has 1 N–H and O–H groups in total. The molecule has 0 saturated carbocycles. The van der Waals surface area contributed by atoms with Crippen LogP contribution in [0.15, 0.2) is 60.0 Å². The van der Waals surface area contributed by atoms with E-state index in [4.69, 9.17) is 4.74 Å². The van der Waals surface area contributed by atoms with Gasteiger partial charge in [0.1, 0.15) is 6.54 Å². The molecule has 2 aromatic heterocycles. The highest BCUT2D eigenvalue weighted by Crippen LogP contribution is 2.20. The van der Waals surface area contributed by atoms with E-state index in [9.17, 15) is 9.59 Å². The lowest BCUT2D eigenvalue weighted by atomic mass is 10.2. The molecule has 1 aromatic carbocycles. The number of benzene rings is 1. The fourth-order valence-corrected chi connectivity index (χ4v) is 4.72. The molecule has 0 bridgehead atoms. The first-order valence-electron chi connectivity index (χ1n) is 11.8. The summed E-state index contributed by atoms with van der Waals surface area (Å²) in [4.78, 5) is 42.7. The number of nitrogens with one attached hydrogen (secondary N) is 1. The van der Waals surface area contributed by atoms with E-state index in [1.54, 1.807) is 12.4 Å². The van der Waals surface area contributed by atoms with Crippen LogP contribution in [0.1, 0.15) is 17.0 Å². The maximum Gasteiger partial charge on any atom is 0.244 e. The molecule has 1 saturated heterocycles. The largest absolute Gasteiger partial charge is 0.378 e. The summed E-state index contributed by atoms with van der Waals surface area (Å²) < 4.78 is 5.41. The third-order valence-corrected chi connectivity index (χ3v) is 6.43. The molecular formula is C26H30N6O3S. The van der Waals surface area contributed by atoms with Crippen molar-refractivity contribution in [3.63, 3.8) is 0 Å². The molecule has 0 spiro atoms. The Bertz CT molecular complexity index is 1150. The summed E-state index contributed by atoms with van der Waals surface area (Å²) in [5, 5.41) is 3.46. The van der Waals surface area contributed by atoms with E-state index in [0.29, 0.717) is 24.1 Å². The van der Waals surface area contributed by atoms with Crippen molar-refractivity contribution in [2.45, 2.75) is 25.5 Å². The van der Waals surface area contributed by atoms with Gasteiger partial charge in [0.05, 0.1) is 19.0 Å². The highest BCUT2D eigenvalue weighted by Gasteiger charge is 2.19. The normalized spacial score (nSPS) is 13.3. The molecule has 2 amide bonds. The van der Waals surface area contributed by atoms with Crippen LogP contribution in [0.25, 0.3) is 0 Å². The van der Waals surface area contributed by atoms with Crippen LogP contribution in [0.4, 0.5) is 11.4 Å². The van der Waals surface area contributed by atoms with E-state index in [-0.39, 0.29) is 30.7 Å². The zero-order chi connectivity index (χ0) is 25.3. The first-order valence-corrected chi connectivity index (χ1v) is 12.8. The van der Waals surface area contributed by atoms with E-state index in [2.05, 4.69) is 25.2 Å². The SMILES string of the molecule is Cc1cc(C)nc(SCC(=O)N(CC(=O)Nc2ccc(N3CCOCC3)cc2)Cc2cccnc2)n1. The molecule has 3 aromatic rings. The van der Waals surface area contributed by atoms with E-state index in [0.717, 1.165) is 35.7 Å². The van der Waals surface area contributed by atoms with Crippen molar-refractivity contribution in [2.24, 2.45) is 0 Å². The quantitative estimate of drug-likeness (QED) is 0.349. The summed E-state index contributed by atoms with van der Waals surface area (Å²) in [5.41, 5.74) is 4.33. The van der Waals surface area contributed by atoms with Gasteiger partial charge in [0, 0.05) is 54.8 Å². The van der Waals surface area contributed by atoms with Crippen molar-refractivity contribution in [3.8, 4) is 0 Å². The molecule has 9 nitrogen and oxygen atoms in total. The Labute approximate surface area is 215 Å². The van der Waals surface area contributed by atoms with Gasteiger partial charge in [-0.15, -0.1) is 0 Å². The van der Waals surface area contributed by atoms with Gasteiger partial charge < -0.3 is 19.9 Å². The summed E-state index contributed by atoms with van der Waals surface area (Å²) in [5.74, 6) is -0.312. The third-order valence-electron chi connectivity index (χ3n) is 5.60. The molecule has 36 heavy (non-hydrogen) atoms. The van der Waals surface area contributed by atoms with E-state index < -0.39 is 0 Å². The first-order chi connectivity index (χ1) is 17.5. The van der Waals surface area contributed by atoms with Crippen LogP contribution < -0.4 is 10.2 Å². The number of anilines is 2. The number of hydrogen-bond donors (Lipinski definition) is 1. The maximum atomic E-state index is 13.1. The van der Waals surface area contributed by atoms with E-state index in [1.165, 1.54) is 16.7 Å². The lowest BCUT2D eigenvalue weighted by Crippen LogP contribution is -2.38. The van der Waals surface area contributed by atoms with E-state index >= 15 is 0 Å². The number of pyridine rings is 1. The second-order valence-corrected chi connectivity index (χ2v) is 9.47. The fourth-order valence-electron chi connectivity index (χ4n) is 3.87. The van der Waals surface area contributed by atoms with Crippen molar-refractivity contribution >= 4 is 35.0 Å². The summed E-state index contributed by atoms with van der Waals surface area (Å²) >= 11 is 1.27. The van der Waals surface area contributed by atoms with Gasteiger partial charge in [-0.3, -0.25) is 14.6 Å². The van der Waals surface area contributed by atoms with E-state index in [1.807, 2.05) is 56.3 Å². The number of rotatable bonds is 9. The third kappa shape index (κ3) is 7.50. The lowest BCUT2D eigenvalue weighted by molar-refractivity contribution is -0.133. The standard InChI is InChI=1S/C26H30N6O3S/c1-19-14-20(2)29-26(28-19)36-18-25(34)32(16-21-4-3-9-27-15-21)17-24(33)30-22-5-7-23(8-6-22)31-10-12-35-13-11-31/h3-9,14-15H,10-13,16-18H2,1-2H3,(H,30,33). The van der Waals surface area contributed by atoms with Gasteiger partial charge in [0.2, 0.25) is 11.8 Å². The van der Waals surface area contributed by atoms with Crippen LogP contribution in [0.5, 0.6) is 0 Å². The minimum Gasteiger partial charge on any atom is -0.378 e. The molecule has 1 fully saturated rings. The molecule has 0 unspecified atom stereocenters. The summed E-state index contributed by atoms with van der Waals surface area (Å²) in [6, 6.07) is 13.3. The molecule has 3 heterocycles. The Morgan fingerprint density at radius 2 is 1.81 bits per heavy atom. The van der Waals surface area contributed by atoms with Crippen molar-refractivity contribution in [1.29, 1.82) is 0 Å². The van der Waals surface area contributed by atoms with Gasteiger partial charge in [0.25, 0.3) is 0 Å². The molecule has 4 rings (SSSR count). The highest BCUT2D eigenvalue weighted by atomic mass is 32.2. The Morgan fingerprint density at radius 1 is 1.08 bits per heavy atom. The van der Waals surface area contributed by atoms with Gasteiger partial charge in [-0.05, 0) is 55.8 Å². The summed E-state index contributed by atoms with van der Waals surface area (Å²) in [6.07, 6.45) is 3.37. The molecule has 0 atom stereocenters. The lowest BCUT2D eigenvalue weighted by Gasteiger charge is -2.29. The van der Waals surface area contributed by atoms with Crippen LogP contribution in [-0.2, 0) is 20.9 Å². The number of morpholine rings is 1. The number of carbonyl (C=O) groups excluding carboxylic acids is 2. The predicted octanol–water partition coefficient (Wildman–Crippen LogP) is 3.08. The number of hydrogen-bond acceptors (Lipinski definition) is 8. The molecule has 0 aliphatic carbocycles. The van der Waals surface area contributed by atoms with Gasteiger partial charge in [-0.25, -0.2) is 9.97 Å². The minimum atomic E-state index is -0.265. The molecule has 1 aliphatic heterocycles. The summed E-state index contributed by atoms with van der Waals surface area (Å²) in [6.45, 7) is 7.13. The first kappa shape index (κ1) is 25.6. The van der Waals surface area contributed by atoms with Gasteiger partial charge in [-0.2, -0.15) is 0 Å². The average molecular weight is 507 g/mol. The van der Waals surface area contributed by atoms with Crippen LogP contribution in [0.3, 0.4) is 0 Å². The van der Waals surface area contributed by atoms with Crippen molar-refractivity contribution in [2.75, 3.05) is 48.8 Å². The topological polar surface area (TPSA) is 101 Å². The number of ether oxygens (including phenoxy) is 1. The minimum absolute atomic E-state index is 0.0762. The molecule has 10 heteroatoms. The molecule has 0 radical (unpaired) electrons. The number of amides is 2. The summed E-state index contributed by atoms with van der Waals surface area (Å²) in [7, 11) is 0. The predicted molar refractivity (Wildman–Crippen MR) is 140 cm³/mol. The number of thioether (sulfide) groups is 1. The zero-order valence-corrected chi connectivity index (χ0v) is 21.3. The van der Waals surface area contributed by atoms with Gasteiger partial charge in [-0.1, -0.05) is 17.8 Å². The highest BCUT2D eigenvalue weighted by molar-refractivity contribution is 7.99. The smallest absolute Gasteiger partial charge is 0.244 e. The number of aromatic nitrogens is 3. The Kier molecular flexibility index (Phi) is 8.85. The van der Waals surface area contributed by atoms with Crippen molar-refractivity contribution in [1.82, 2.24) is 19.9 Å². The van der Waals surface area contributed by atoms with Crippen LogP contribution in [0.2, 0.25) is 0 Å². The Balaban J connectivity index is 1.39. The van der Waals surface area contributed by atoms with Crippen LogP contribution in [0, 0.1) is 13.8 Å². The second-order valence-electron chi connectivity index (χ2n) is 8.53. The monoisotopic (exact) mass is 506 g/mol. The van der Waals surface area contributed by atoms with Gasteiger partial charge in [0.15, 0.2) is 5.16 Å². The van der Waals surface area contributed by atoms with Crippen LogP contribution in [-0.4, -0.2) is 70.3 Å². The molecule has 1 aliphatic rings. The molecule has 188 valence electrons.